The molecule has 0 bridgehead atoms. The summed E-state index contributed by atoms with van der Waals surface area (Å²) in [5.74, 6) is 0.959. The second-order valence-corrected chi connectivity index (χ2v) is 11.7. The molecule has 5 rings (SSSR count). The number of H-pyrrole nitrogens is 1. The Labute approximate surface area is 185 Å². The number of pyridine rings is 1. The van der Waals surface area contributed by atoms with Gasteiger partial charge in [0.25, 0.3) is 0 Å². The van der Waals surface area contributed by atoms with Crippen LogP contribution < -0.4 is 0 Å². The lowest BCUT2D eigenvalue weighted by atomic mass is 9.79. The smallest absolute Gasteiger partial charge is 0.181 e. The van der Waals surface area contributed by atoms with Crippen molar-refractivity contribution in [2.45, 2.75) is 80.3 Å². The molecule has 0 spiro atoms. The van der Waals surface area contributed by atoms with Crippen molar-refractivity contribution in [1.82, 2.24) is 9.97 Å². The van der Waals surface area contributed by atoms with Crippen molar-refractivity contribution in [3.63, 3.8) is 0 Å². The molecule has 2 aliphatic rings. The third-order valence-corrected chi connectivity index (χ3v) is 9.71. The van der Waals surface area contributed by atoms with Gasteiger partial charge in [-0.15, -0.1) is 0 Å². The molecule has 0 radical (unpaired) electrons. The third-order valence-electron chi connectivity index (χ3n) is 7.43. The minimum atomic E-state index is -3.21. The predicted octanol–water partition coefficient (Wildman–Crippen LogP) is 6.38. The average Bonchev–Trinajstić information content (AvgIpc) is 3.49. The molecule has 1 aromatic carbocycles. The molecule has 164 valence electrons. The van der Waals surface area contributed by atoms with E-state index in [1.165, 1.54) is 43.4 Å². The SMILES string of the molecule is O=S(=O)(c1ccc(C(CC2CCCCC2)c2cc3cccnc3[nH]2)cc1)C1CCCC1. The van der Waals surface area contributed by atoms with Gasteiger partial charge in [-0.1, -0.05) is 57.1 Å². The van der Waals surface area contributed by atoms with Crippen molar-refractivity contribution in [2.75, 3.05) is 0 Å². The van der Waals surface area contributed by atoms with Crippen LogP contribution in [0.4, 0.5) is 0 Å². The highest BCUT2D eigenvalue weighted by atomic mass is 32.2. The van der Waals surface area contributed by atoms with E-state index < -0.39 is 9.84 Å². The van der Waals surface area contributed by atoms with Crippen LogP contribution in [-0.2, 0) is 9.84 Å². The van der Waals surface area contributed by atoms with Crippen molar-refractivity contribution in [1.29, 1.82) is 0 Å². The molecular formula is C26H32N2O2S. The standard InChI is InChI=1S/C26H32N2O2S/c29-31(30,22-10-4-5-11-22)23-14-12-20(13-15-23)24(17-19-7-2-1-3-8-19)25-18-21-9-6-16-27-26(21)28-25/h6,9,12-16,18-19,22,24H,1-5,7-8,10-11,17H2,(H,27,28). The summed E-state index contributed by atoms with van der Waals surface area (Å²) in [7, 11) is -3.21. The summed E-state index contributed by atoms with van der Waals surface area (Å²) < 4.78 is 26.0. The molecule has 0 amide bonds. The van der Waals surface area contributed by atoms with E-state index in [-0.39, 0.29) is 11.2 Å². The highest BCUT2D eigenvalue weighted by Gasteiger charge is 2.30. The zero-order valence-electron chi connectivity index (χ0n) is 18.1. The summed E-state index contributed by atoms with van der Waals surface area (Å²) in [4.78, 5) is 8.51. The van der Waals surface area contributed by atoms with Crippen LogP contribution >= 0.6 is 0 Å². The quantitative estimate of drug-likeness (QED) is 0.487. The van der Waals surface area contributed by atoms with E-state index in [2.05, 4.69) is 22.1 Å². The Bertz CT molecular complexity index is 1090. The topological polar surface area (TPSA) is 62.8 Å². The lowest BCUT2D eigenvalue weighted by Crippen LogP contribution is -2.18. The van der Waals surface area contributed by atoms with Gasteiger partial charge in [0.2, 0.25) is 0 Å². The molecule has 0 saturated heterocycles. The number of benzene rings is 1. The number of nitrogens with one attached hydrogen (secondary N) is 1. The molecule has 1 unspecified atom stereocenters. The lowest BCUT2D eigenvalue weighted by molar-refractivity contribution is 0.326. The molecule has 1 N–H and O–H groups in total. The summed E-state index contributed by atoms with van der Waals surface area (Å²) >= 11 is 0. The Morgan fingerprint density at radius 2 is 1.65 bits per heavy atom. The highest BCUT2D eigenvalue weighted by molar-refractivity contribution is 7.92. The number of sulfone groups is 1. The largest absolute Gasteiger partial charge is 0.343 e. The molecule has 2 aromatic heterocycles. The minimum absolute atomic E-state index is 0.198. The second kappa shape index (κ2) is 8.78. The average molecular weight is 437 g/mol. The molecule has 0 aliphatic heterocycles. The van der Waals surface area contributed by atoms with E-state index in [1.807, 2.05) is 36.5 Å². The Kier molecular flexibility index (Phi) is 5.87. The van der Waals surface area contributed by atoms with Crippen LogP contribution in [0, 0.1) is 5.92 Å². The number of nitrogens with zero attached hydrogens (tertiary/aromatic N) is 1. The first-order valence-electron chi connectivity index (χ1n) is 11.9. The predicted molar refractivity (Wildman–Crippen MR) is 125 cm³/mol. The molecule has 2 aliphatic carbocycles. The molecule has 2 saturated carbocycles. The second-order valence-electron chi connectivity index (χ2n) is 9.48. The van der Waals surface area contributed by atoms with Crippen LogP contribution in [0.25, 0.3) is 11.0 Å². The molecule has 2 fully saturated rings. The number of hydrogen-bond acceptors (Lipinski definition) is 3. The van der Waals surface area contributed by atoms with Crippen molar-refractivity contribution in [3.05, 3.63) is 59.9 Å². The van der Waals surface area contributed by atoms with Crippen molar-refractivity contribution in [2.24, 2.45) is 5.92 Å². The Balaban J connectivity index is 1.46. The first-order valence-corrected chi connectivity index (χ1v) is 13.4. The van der Waals surface area contributed by atoms with Crippen molar-refractivity contribution in [3.8, 4) is 0 Å². The van der Waals surface area contributed by atoms with Gasteiger partial charge >= 0.3 is 0 Å². The molecule has 5 heteroatoms. The number of aromatic nitrogens is 2. The van der Waals surface area contributed by atoms with Crippen LogP contribution in [0.1, 0.15) is 81.4 Å². The van der Waals surface area contributed by atoms with Gasteiger partial charge in [-0.05, 0) is 61.1 Å². The van der Waals surface area contributed by atoms with Crippen LogP contribution in [0.5, 0.6) is 0 Å². The molecule has 31 heavy (non-hydrogen) atoms. The Hall–Kier alpha value is -2.14. The van der Waals surface area contributed by atoms with Crippen LogP contribution in [0.2, 0.25) is 0 Å². The summed E-state index contributed by atoms with van der Waals surface area (Å²) in [6.07, 6.45) is 13.2. The van der Waals surface area contributed by atoms with Crippen molar-refractivity contribution < 1.29 is 8.42 Å². The van der Waals surface area contributed by atoms with Crippen LogP contribution in [-0.4, -0.2) is 23.6 Å². The van der Waals surface area contributed by atoms with E-state index in [9.17, 15) is 8.42 Å². The lowest BCUT2D eigenvalue weighted by Gasteiger charge is -2.26. The van der Waals surface area contributed by atoms with Gasteiger partial charge in [-0.2, -0.15) is 0 Å². The monoisotopic (exact) mass is 436 g/mol. The Morgan fingerprint density at radius 1 is 0.935 bits per heavy atom. The summed E-state index contributed by atoms with van der Waals surface area (Å²) in [5.41, 5.74) is 3.31. The van der Waals surface area contributed by atoms with Gasteiger partial charge in [0.1, 0.15) is 5.65 Å². The van der Waals surface area contributed by atoms with Gasteiger partial charge in [0, 0.05) is 23.2 Å². The maximum atomic E-state index is 13.0. The zero-order chi connectivity index (χ0) is 21.3. The van der Waals surface area contributed by atoms with Gasteiger partial charge in [-0.25, -0.2) is 13.4 Å². The third kappa shape index (κ3) is 4.30. The first-order chi connectivity index (χ1) is 15.1. The minimum Gasteiger partial charge on any atom is -0.343 e. The maximum Gasteiger partial charge on any atom is 0.181 e. The van der Waals surface area contributed by atoms with Gasteiger partial charge in [0.05, 0.1) is 10.1 Å². The number of rotatable bonds is 6. The molecule has 4 nitrogen and oxygen atoms in total. The fourth-order valence-corrected chi connectivity index (χ4v) is 7.50. The fourth-order valence-electron chi connectivity index (χ4n) is 5.65. The Morgan fingerprint density at radius 3 is 2.35 bits per heavy atom. The number of fused-ring (bicyclic) bond motifs is 1. The van der Waals surface area contributed by atoms with Gasteiger partial charge < -0.3 is 4.98 Å². The highest BCUT2D eigenvalue weighted by Crippen LogP contribution is 2.38. The van der Waals surface area contributed by atoms with E-state index >= 15 is 0 Å². The van der Waals surface area contributed by atoms with E-state index in [4.69, 9.17) is 0 Å². The molecular weight excluding hydrogens is 404 g/mol. The number of hydrogen-bond donors (Lipinski definition) is 1. The van der Waals surface area contributed by atoms with Crippen LogP contribution in [0.15, 0.2) is 53.6 Å². The summed E-state index contributed by atoms with van der Waals surface area (Å²) in [6, 6.07) is 14.1. The molecule has 1 atom stereocenters. The van der Waals surface area contributed by atoms with Gasteiger partial charge in [0.15, 0.2) is 9.84 Å². The maximum absolute atomic E-state index is 13.0. The van der Waals surface area contributed by atoms with Gasteiger partial charge in [-0.3, -0.25) is 0 Å². The normalized spacial score (nSPS) is 19.7. The first kappa shape index (κ1) is 20.7. The van der Waals surface area contributed by atoms with E-state index in [1.54, 1.807) is 0 Å². The van der Waals surface area contributed by atoms with Crippen molar-refractivity contribution >= 4 is 20.9 Å². The number of aromatic amines is 1. The van der Waals surface area contributed by atoms with Crippen LogP contribution in [0.3, 0.4) is 0 Å². The van der Waals surface area contributed by atoms with E-state index in [0.29, 0.717) is 4.90 Å². The molecule has 2 heterocycles. The molecule has 3 aromatic rings. The summed E-state index contributed by atoms with van der Waals surface area (Å²) in [5, 5.41) is 0.933. The van der Waals surface area contributed by atoms with E-state index in [0.717, 1.165) is 49.1 Å². The summed E-state index contributed by atoms with van der Waals surface area (Å²) in [6.45, 7) is 0. The fraction of sp³-hybridized carbons (Fsp3) is 0.500. The zero-order valence-corrected chi connectivity index (χ0v) is 18.9.